The third-order valence-corrected chi connectivity index (χ3v) is 5.28. The van der Waals surface area contributed by atoms with Gasteiger partial charge in [-0.2, -0.15) is 0 Å². The van der Waals surface area contributed by atoms with Crippen LogP contribution in [0.4, 0.5) is 5.69 Å². The Hall–Kier alpha value is -2.22. The summed E-state index contributed by atoms with van der Waals surface area (Å²) in [5.41, 5.74) is 1.38. The Morgan fingerprint density at radius 1 is 1.18 bits per heavy atom. The number of hydrogen-bond acceptors (Lipinski definition) is 4. The van der Waals surface area contributed by atoms with Crippen LogP contribution in [0, 0.1) is 0 Å². The molecule has 1 atom stereocenters. The highest BCUT2D eigenvalue weighted by atomic mass is 35.5. The SMILES string of the molecule is CC(CN1CCN(C(=S)Nc2ccc(Cl)cc2)C1=S)OC(=O)c1ccccc1. The average molecular weight is 434 g/mol. The normalized spacial score (nSPS) is 14.7. The monoisotopic (exact) mass is 433 g/mol. The fourth-order valence-electron chi connectivity index (χ4n) is 2.84. The zero-order chi connectivity index (χ0) is 20.1. The summed E-state index contributed by atoms with van der Waals surface area (Å²) < 4.78 is 5.53. The second kappa shape index (κ2) is 9.32. The number of ether oxygens (including phenoxy) is 1. The summed E-state index contributed by atoms with van der Waals surface area (Å²) in [5, 5.41) is 4.98. The standard InChI is InChI=1S/C20H20ClN3O2S2/c1-14(26-18(25)15-5-3-2-4-6-15)13-23-11-12-24(20(23)28)19(27)22-17-9-7-16(21)8-10-17/h2-10,14H,11-13H2,1H3,(H,22,27). The molecule has 1 aliphatic rings. The van der Waals surface area contributed by atoms with Gasteiger partial charge in [0.15, 0.2) is 10.2 Å². The fraction of sp³-hybridized carbons (Fsp3) is 0.250. The topological polar surface area (TPSA) is 44.8 Å². The van der Waals surface area contributed by atoms with Gasteiger partial charge in [0.05, 0.1) is 12.1 Å². The van der Waals surface area contributed by atoms with Gasteiger partial charge in [0.2, 0.25) is 0 Å². The van der Waals surface area contributed by atoms with Crippen molar-refractivity contribution in [3.8, 4) is 0 Å². The molecule has 1 heterocycles. The lowest BCUT2D eigenvalue weighted by atomic mass is 10.2. The van der Waals surface area contributed by atoms with E-state index >= 15 is 0 Å². The van der Waals surface area contributed by atoms with E-state index in [9.17, 15) is 4.79 Å². The van der Waals surface area contributed by atoms with Crippen LogP contribution in [-0.2, 0) is 4.74 Å². The quantitative estimate of drug-likeness (QED) is 0.560. The van der Waals surface area contributed by atoms with Crippen molar-refractivity contribution in [1.82, 2.24) is 9.80 Å². The first-order valence-electron chi connectivity index (χ1n) is 8.83. The Morgan fingerprint density at radius 2 is 1.86 bits per heavy atom. The number of benzene rings is 2. The van der Waals surface area contributed by atoms with Gasteiger partial charge >= 0.3 is 5.97 Å². The van der Waals surface area contributed by atoms with Crippen molar-refractivity contribution in [2.24, 2.45) is 0 Å². The Morgan fingerprint density at radius 3 is 2.54 bits per heavy atom. The molecule has 5 nitrogen and oxygen atoms in total. The Kier molecular flexibility index (Phi) is 6.83. The van der Waals surface area contributed by atoms with Gasteiger partial charge in [-0.25, -0.2) is 4.79 Å². The molecule has 28 heavy (non-hydrogen) atoms. The third-order valence-electron chi connectivity index (χ3n) is 4.23. The van der Waals surface area contributed by atoms with Crippen LogP contribution in [0.15, 0.2) is 54.6 Å². The lowest BCUT2D eigenvalue weighted by molar-refractivity contribution is 0.0304. The van der Waals surface area contributed by atoms with Gasteiger partial charge in [0, 0.05) is 23.8 Å². The second-order valence-corrected chi connectivity index (χ2v) is 7.59. The highest BCUT2D eigenvalue weighted by Crippen LogP contribution is 2.17. The summed E-state index contributed by atoms with van der Waals surface area (Å²) in [7, 11) is 0. The number of carbonyl (C=O) groups is 1. The molecule has 0 bridgehead atoms. The lowest BCUT2D eigenvalue weighted by Gasteiger charge is -2.25. The van der Waals surface area contributed by atoms with Gasteiger partial charge < -0.3 is 15.0 Å². The van der Waals surface area contributed by atoms with Crippen molar-refractivity contribution in [2.75, 3.05) is 25.0 Å². The first-order valence-corrected chi connectivity index (χ1v) is 10.0. The summed E-state index contributed by atoms with van der Waals surface area (Å²) >= 11 is 17.0. The van der Waals surface area contributed by atoms with Crippen molar-refractivity contribution >= 4 is 57.9 Å². The van der Waals surface area contributed by atoms with Crippen molar-refractivity contribution in [1.29, 1.82) is 0 Å². The van der Waals surface area contributed by atoms with Gasteiger partial charge in [-0.3, -0.25) is 4.90 Å². The molecule has 1 unspecified atom stereocenters. The first-order chi connectivity index (χ1) is 13.4. The smallest absolute Gasteiger partial charge is 0.338 e. The number of hydrogen-bond donors (Lipinski definition) is 1. The maximum absolute atomic E-state index is 12.2. The van der Waals surface area contributed by atoms with Gasteiger partial charge in [0.1, 0.15) is 6.10 Å². The molecule has 146 valence electrons. The molecule has 0 spiro atoms. The van der Waals surface area contributed by atoms with E-state index in [1.807, 2.05) is 47.1 Å². The minimum atomic E-state index is -0.338. The Labute approximate surface area is 180 Å². The highest BCUT2D eigenvalue weighted by Gasteiger charge is 2.29. The summed E-state index contributed by atoms with van der Waals surface area (Å²) in [4.78, 5) is 16.0. The van der Waals surface area contributed by atoms with E-state index in [0.717, 1.165) is 5.69 Å². The first kappa shape index (κ1) is 20.5. The van der Waals surface area contributed by atoms with Crippen molar-refractivity contribution in [3.05, 3.63) is 65.2 Å². The van der Waals surface area contributed by atoms with Crippen LogP contribution in [0.3, 0.4) is 0 Å². The van der Waals surface area contributed by atoms with Crippen LogP contribution < -0.4 is 5.32 Å². The number of halogens is 1. The molecule has 8 heteroatoms. The molecule has 0 saturated carbocycles. The molecular weight excluding hydrogens is 414 g/mol. The van der Waals surface area contributed by atoms with Crippen LogP contribution in [-0.4, -0.2) is 51.7 Å². The number of nitrogens with zero attached hydrogens (tertiary/aromatic N) is 2. The molecule has 0 aromatic heterocycles. The van der Waals surface area contributed by atoms with E-state index in [1.54, 1.807) is 24.3 Å². The van der Waals surface area contributed by atoms with Gasteiger partial charge in [-0.05, 0) is 67.8 Å². The minimum Gasteiger partial charge on any atom is -0.457 e. The molecule has 3 rings (SSSR count). The van der Waals surface area contributed by atoms with Crippen LogP contribution in [0.25, 0.3) is 0 Å². The predicted molar refractivity (Wildman–Crippen MR) is 120 cm³/mol. The molecule has 2 aromatic rings. The lowest BCUT2D eigenvalue weighted by Crippen LogP contribution is -2.41. The molecule has 1 N–H and O–H groups in total. The van der Waals surface area contributed by atoms with Crippen molar-refractivity contribution < 1.29 is 9.53 Å². The Balaban J connectivity index is 1.52. The number of esters is 1. The van der Waals surface area contributed by atoms with E-state index in [0.29, 0.717) is 40.4 Å². The number of carbonyl (C=O) groups excluding carboxylic acids is 1. The minimum absolute atomic E-state index is 0.302. The maximum atomic E-state index is 12.2. The fourth-order valence-corrected chi connectivity index (χ4v) is 3.67. The zero-order valence-corrected chi connectivity index (χ0v) is 17.7. The van der Waals surface area contributed by atoms with E-state index in [-0.39, 0.29) is 12.1 Å². The average Bonchev–Trinajstić information content (AvgIpc) is 3.04. The number of nitrogens with one attached hydrogen (secondary N) is 1. The molecule has 0 aliphatic carbocycles. The summed E-state index contributed by atoms with van der Waals surface area (Å²) in [6, 6.07) is 16.3. The van der Waals surface area contributed by atoms with Crippen LogP contribution in [0.1, 0.15) is 17.3 Å². The van der Waals surface area contributed by atoms with Crippen LogP contribution in [0.5, 0.6) is 0 Å². The second-order valence-electron chi connectivity index (χ2n) is 6.40. The van der Waals surface area contributed by atoms with Gasteiger partial charge in [-0.15, -0.1) is 0 Å². The zero-order valence-electron chi connectivity index (χ0n) is 15.3. The van der Waals surface area contributed by atoms with E-state index in [1.165, 1.54) is 0 Å². The van der Waals surface area contributed by atoms with E-state index in [4.69, 9.17) is 40.8 Å². The highest BCUT2D eigenvalue weighted by molar-refractivity contribution is 7.82. The molecule has 1 aliphatic heterocycles. The molecule has 2 aromatic carbocycles. The molecule has 0 radical (unpaired) electrons. The third kappa shape index (κ3) is 5.19. The van der Waals surface area contributed by atoms with Gasteiger partial charge in [0.25, 0.3) is 0 Å². The maximum Gasteiger partial charge on any atom is 0.338 e. The van der Waals surface area contributed by atoms with Gasteiger partial charge in [-0.1, -0.05) is 29.8 Å². The number of thiocarbonyl (C=S) groups is 2. The van der Waals surface area contributed by atoms with Crippen molar-refractivity contribution in [2.45, 2.75) is 13.0 Å². The number of rotatable bonds is 5. The summed E-state index contributed by atoms with van der Waals surface area (Å²) in [5.74, 6) is -0.338. The predicted octanol–water partition coefficient (Wildman–Crippen LogP) is 4.18. The molecular formula is C20H20ClN3O2S2. The molecule has 1 saturated heterocycles. The van der Waals surface area contributed by atoms with E-state index in [2.05, 4.69) is 5.32 Å². The Bertz CT molecular complexity index is 862. The number of anilines is 1. The van der Waals surface area contributed by atoms with Crippen LogP contribution in [0.2, 0.25) is 5.02 Å². The molecule has 1 fully saturated rings. The summed E-state index contributed by atoms with van der Waals surface area (Å²) in [6.45, 7) is 3.76. The van der Waals surface area contributed by atoms with Crippen molar-refractivity contribution in [3.63, 3.8) is 0 Å². The van der Waals surface area contributed by atoms with E-state index < -0.39 is 0 Å². The molecule has 0 amide bonds. The largest absolute Gasteiger partial charge is 0.457 e. The summed E-state index contributed by atoms with van der Waals surface area (Å²) in [6.07, 6.45) is -0.302. The van der Waals surface area contributed by atoms with Crippen LogP contribution >= 0.6 is 36.0 Å².